The van der Waals surface area contributed by atoms with Gasteiger partial charge in [-0.25, -0.2) is 4.98 Å². The summed E-state index contributed by atoms with van der Waals surface area (Å²) < 4.78 is 0. The van der Waals surface area contributed by atoms with Crippen LogP contribution in [0.5, 0.6) is 0 Å². The van der Waals surface area contributed by atoms with E-state index >= 15 is 0 Å². The molecule has 0 unspecified atom stereocenters. The topological polar surface area (TPSA) is 45.2 Å². The van der Waals surface area contributed by atoms with E-state index in [1.165, 1.54) is 11.3 Å². The van der Waals surface area contributed by atoms with Crippen molar-refractivity contribution < 1.29 is 4.79 Å². The van der Waals surface area contributed by atoms with Crippen LogP contribution in [-0.2, 0) is 11.3 Å². The highest BCUT2D eigenvalue weighted by molar-refractivity contribution is 7.14. The number of anilines is 2. The molecule has 2 aromatic carbocycles. The molecule has 134 valence electrons. The Morgan fingerprint density at radius 3 is 2.69 bits per heavy atom. The molecule has 3 aromatic rings. The van der Waals surface area contributed by atoms with Crippen molar-refractivity contribution in [3.05, 3.63) is 76.3 Å². The minimum Gasteiger partial charge on any atom is -0.305 e. The quantitative estimate of drug-likeness (QED) is 0.623. The van der Waals surface area contributed by atoms with Crippen LogP contribution in [0.15, 0.2) is 60.0 Å². The highest BCUT2D eigenvalue weighted by Crippen LogP contribution is 2.29. The number of amides is 1. The summed E-state index contributed by atoms with van der Waals surface area (Å²) in [6, 6.07) is 17.5. The van der Waals surface area contributed by atoms with Crippen LogP contribution in [0.2, 0.25) is 5.02 Å². The fourth-order valence-electron chi connectivity index (χ4n) is 2.64. The maximum atomic E-state index is 12.1. The molecule has 0 aliphatic carbocycles. The number of carbonyl (C=O) groups is 1. The smallest absolute Gasteiger partial charge is 0.230 e. The minimum atomic E-state index is -0.0580. The van der Waals surface area contributed by atoms with Gasteiger partial charge in [-0.05, 0) is 36.8 Å². The van der Waals surface area contributed by atoms with Crippen molar-refractivity contribution in [3.63, 3.8) is 0 Å². The fraction of sp³-hybridized carbons (Fsp3) is 0.200. The third kappa shape index (κ3) is 4.49. The second kappa shape index (κ2) is 8.45. The molecule has 1 N–H and O–H groups in total. The zero-order chi connectivity index (χ0) is 18.5. The molecule has 26 heavy (non-hydrogen) atoms. The highest BCUT2D eigenvalue weighted by atomic mass is 35.5. The number of rotatable bonds is 6. The first-order valence-corrected chi connectivity index (χ1v) is 9.59. The zero-order valence-electron chi connectivity index (χ0n) is 14.6. The summed E-state index contributed by atoms with van der Waals surface area (Å²) in [6.45, 7) is 4.25. The highest BCUT2D eigenvalue weighted by Gasteiger charge is 2.17. The molecular formula is C20H20ClN3OS. The van der Waals surface area contributed by atoms with Crippen molar-refractivity contribution >= 4 is 39.7 Å². The van der Waals surface area contributed by atoms with Gasteiger partial charge in [-0.3, -0.25) is 9.69 Å². The molecule has 1 heterocycles. The number of carbonyl (C=O) groups excluding carboxylic acids is 1. The average molecular weight is 386 g/mol. The third-order valence-corrected chi connectivity index (χ3v) is 5.11. The van der Waals surface area contributed by atoms with Crippen molar-refractivity contribution in [1.29, 1.82) is 0 Å². The number of aromatic nitrogens is 1. The molecule has 0 bridgehead atoms. The minimum absolute atomic E-state index is 0.0580. The van der Waals surface area contributed by atoms with E-state index in [9.17, 15) is 4.79 Å². The summed E-state index contributed by atoms with van der Waals surface area (Å²) >= 11 is 7.52. The molecule has 6 heteroatoms. The first-order valence-electron chi connectivity index (χ1n) is 8.33. The number of hydrogen-bond donors (Lipinski definition) is 1. The average Bonchev–Trinajstić information content (AvgIpc) is 3.09. The van der Waals surface area contributed by atoms with Gasteiger partial charge < -0.3 is 5.32 Å². The second-order valence-electron chi connectivity index (χ2n) is 5.97. The Balaban J connectivity index is 1.70. The molecule has 0 aliphatic heterocycles. The Bertz CT molecular complexity index is 882. The van der Waals surface area contributed by atoms with Gasteiger partial charge in [0.15, 0.2) is 5.13 Å². The standard InChI is InChI=1S/C20H20ClN3OS/c1-14(16-7-6-8-17(21)11-16)22-12-18-13-26-20(23-18)24(15(2)25)19-9-4-3-5-10-19/h3-11,13-14,22H,12H2,1-2H3/t14-/m0/s1. The van der Waals surface area contributed by atoms with Gasteiger partial charge in [0.25, 0.3) is 0 Å². The largest absolute Gasteiger partial charge is 0.305 e. The molecular weight excluding hydrogens is 366 g/mol. The lowest BCUT2D eigenvalue weighted by Crippen LogP contribution is -2.23. The van der Waals surface area contributed by atoms with E-state index in [-0.39, 0.29) is 11.9 Å². The van der Waals surface area contributed by atoms with Crippen LogP contribution in [0.1, 0.15) is 31.1 Å². The normalized spacial score (nSPS) is 12.0. The lowest BCUT2D eigenvalue weighted by Gasteiger charge is -2.17. The van der Waals surface area contributed by atoms with Gasteiger partial charge in [0.05, 0.1) is 11.4 Å². The number of halogens is 1. The van der Waals surface area contributed by atoms with Crippen molar-refractivity contribution in [2.24, 2.45) is 0 Å². The summed E-state index contributed by atoms with van der Waals surface area (Å²) in [5, 5.41) is 6.83. The molecule has 0 saturated carbocycles. The van der Waals surface area contributed by atoms with Crippen LogP contribution < -0.4 is 10.2 Å². The van der Waals surface area contributed by atoms with Gasteiger partial charge in [-0.2, -0.15) is 0 Å². The Morgan fingerprint density at radius 1 is 1.23 bits per heavy atom. The second-order valence-corrected chi connectivity index (χ2v) is 7.24. The van der Waals surface area contributed by atoms with Gasteiger partial charge >= 0.3 is 0 Å². The van der Waals surface area contributed by atoms with Gasteiger partial charge in [-0.1, -0.05) is 41.9 Å². The number of para-hydroxylation sites is 1. The summed E-state index contributed by atoms with van der Waals surface area (Å²) in [5.41, 5.74) is 2.85. The lowest BCUT2D eigenvalue weighted by atomic mass is 10.1. The summed E-state index contributed by atoms with van der Waals surface area (Å²) in [5.74, 6) is -0.0580. The maximum absolute atomic E-state index is 12.1. The lowest BCUT2D eigenvalue weighted by molar-refractivity contribution is -0.115. The molecule has 4 nitrogen and oxygen atoms in total. The molecule has 0 fully saturated rings. The third-order valence-electron chi connectivity index (χ3n) is 4.00. The van der Waals surface area contributed by atoms with Crippen LogP contribution >= 0.6 is 22.9 Å². The Kier molecular flexibility index (Phi) is 6.04. The summed E-state index contributed by atoms with van der Waals surface area (Å²) in [4.78, 5) is 18.4. The van der Waals surface area contributed by atoms with Gasteiger partial charge in [-0.15, -0.1) is 11.3 Å². The van der Waals surface area contributed by atoms with Crippen molar-refractivity contribution in [3.8, 4) is 0 Å². The predicted octanol–water partition coefficient (Wildman–Crippen LogP) is 5.33. The maximum Gasteiger partial charge on any atom is 0.230 e. The van der Waals surface area contributed by atoms with Crippen LogP contribution in [0.25, 0.3) is 0 Å². The molecule has 0 radical (unpaired) electrons. The van der Waals surface area contributed by atoms with E-state index < -0.39 is 0 Å². The zero-order valence-corrected chi connectivity index (χ0v) is 16.2. The van der Waals surface area contributed by atoms with E-state index in [1.54, 1.807) is 11.8 Å². The number of benzene rings is 2. The van der Waals surface area contributed by atoms with Crippen LogP contribution in [0.4, 0.5) is 10.8 Å². The first-order chi connectivity index (χ1) is 12.5. The molecule has 1 amide bonds. The Labute approximate surface area is 162 Å². The van der Waals surface area contributed by atoms with Crippen molar-refractivity contribution in [2.45, 2.75) is 26.4 Å². The van der Waals surface area contributed by atoms with Crippen LogP contribution in [-0.4, -0.2) is 10.9 Å². The van der Waals surface area contributed by atoms with Gasteiger partial charge in [0.2, 0.25) is 5.91 Å². The number of nitrogens with zero attached hydrogens (tertiary/aromatic N) is 2. The number of nitrogens with one attached hydrogen (secondary N) is 1. The summed E-state index contributed by atoms with van der Waals surface area (Å²) in [7, 11) is 0. The molecule has 1 atom stereocenters. The number of hydrogen-bond acceptors (Lipinski definition) is 4. The van der Waals surface area contributed by atoms with Gasteiger partial charge in [0, 0.05) is 29.9 Å². The van der Waals surface area contributed by atoms with E-state index in [0.29, 0.717) is 11.7 Å². The molecule has 1 aromatic heterocycles. The van der Waals surface area contributed by atoms with Crippen molar-refractivity contribution in [2.75, 3.05) is 4.90 Å². The predicted molar refractivity (Wildman–Crippen MR) is 108 cm³/mol. The van der Waals surface area contributed by atoms with E-state index in [1.807, 2.05) is 60.0 Å². The Morgan fingerprint density at radius 2 is 2.00 bits per heavy atom. The summed E-state index contributed by atoms with van der Waals surface area (Å²) in [6.07, 6.45) is 0. The van der Waals surface area contributed by atoms with Gasteiger partial charge in [0.1, 0.15) is 0 Å². The fourth-order valence-corrected chi connectivity index (χ4v) is 3.72. The van der Waals surface area contributed by atoms with Crippen molar-refractivity contribution in [1.82, 2.24) is 10.3 Å². The van der Waals surface area contributed by atoms with E-state index in [4.69, 9.17) is 11.6 Å². The monoisotopic (exact) mass is 385 g/mol. The number of thiazole rings is 1. The van der Waals surface area contributed by atoms with Crippen LogP contribution in [0.3, 0.4) is 0 Å². The Hall–Kier alpha value is -2.21. The van der Waals surface area contributed by atoms with Crippen LogP contribution in [0, 0.1) is 0 Å². The molecule has 0 saturated heterocycles. The SMILES string of the molecule is CC(=O)N(c1ccccc1)c1nc(CN[C@@H](C)c2cccc(Cl)c2)cs1. The first kappa shape index (κ1) is 18.6. The van der Waals surface area contributed by atoms with E-state index in [0.717, 1.165) is 22.0 Å². The molecule has 0 aliphatic rings. The molecule has 0 spiro atoms. The molecule has 3 rings (SSSR count). The van der Waals surface area contributed by atoms with E-state index in [2.05, 4.69) is 17.2 Å².